The number of piperidine rings is 2. The second kappa shape index (κ2) is 6.40. The van der Waals surface area contributed by atoms with Gasteiger partial charge in [0.1, 0.15) is 0 Å². The maximum Gasteiger partial charge on any atom is 0.00330 e. The second-order valence-electron chi connectivity index (χ2n) is 6.86. The van der Waals surface area contributed by atoms with Crippen LogP contribution in [0.1, 0.15) is 40.0 Å². The molecule has 102 valence electrons. The summed E-state index contributed by atoms with van der Waals surface area (Å²) in [6.45, 7) is 13.7. The highest BCUT2D eigenvalue weighted by Crippen LogP contribution is 2.32. The predicted molar refractivity (Wildman–Crippen MR) is 76.8 cm³/mol. The third kappa shape index (κ3) is 4.76. The van der Waals surface area contributed by atoms with E-state index < -0.39 is 0 Å². The Morgan fingerprint density at radius 2 is 1.88 bits per heavy atom. The fourth-order valence-electron chi connectivity index (χ4n) is 3.75. The van der Waals surface area contributed by atoms with Crippen LogP contribution in [0.15, 0.2) is 0 Å². The van der Waals surface area contributed by atoms with Crippen molar-refractivity contribution in [2.75, 3.05) is 32.7 Å². The Labute approximate surface area is 113 Å². The number of nitrogens with one attached hydrogen (secondary N) is 1. The van der Waals surface area contributed by atoms with E-state index in [9.17, 15) is 0 Å². The summed E-state index contributed by atoms with van der Waals surface area (Å²) in [4.78, 5) is 2.73. The molecular formula is C14H29ClN2. The average Bonchev–Trinajstić information content (AvgIpc) is 2.15. The van der Waals surface area contributed by atoms with E-state index in [1.165, 1.54) is 52.0 Å². The standard InChI is InChI=1S/C14H28N2.ClH/c1-12-8-14(2,3)11-16(9-12)10-13-4-6-15-7-5-13;/h12-13,15H,4-11H2,1-3H3;1H. The molecule has 1 N–H and O–H groups in total. The molecule has 3 heteroatoms. The zero-order valence-electron chi connectivity index (χ0n) is 11.7. The largest absolute Gasteiger partial charge is 0.317 e. The summed E-state index contributed by atoms with van der Waals surface area (Å²) in [5, 5.41) is 3.46. The Morgan fingerprint density at radius 3 is 2.47 bits per heavy atom. The molecule has 2 fully saturated rings. The first-order chi connectivity index (χ1) is 7.55. The Balaban J connectivity index is 0.00000144. The van der Waals surface area contributed by atoms with E-state index in [2.05, 4.69) is 31.0 Å². The third-order valence-electron chi connectivity index (χ3n) is 4.10. The zero-order chi connectivity index (χ0) is 11.6. The van der Waals surface area contributed by atoms with Crippen molar-refractivity contribution >= 4 is 12.4 Å². The summed E-state index contributed by atoms with van der Waals surface area (Å²) in [6.07, 6.45) is 4.16. The first-order valence-electron chi connectivity index (χ1n) is 6.98. The van der Waals surface area contributed by atoms with Gasteiger partial charge in [-0.25, -0.2) is 0 Å². The van der Waals surface area contributed by atoms with Crippen molar-refractivity contribution in [1.82, 2.24) is 10.2 Å². The van der Waals surface area contributed by atoms with Gasteiger partial charge in [0.15, 0.2) is 0 Å². The zero-order valence-corrected chi connectivity index (χ0v) is 12.5. The minimum absolute atomic E-state index is 0. The average molecular weight is 261 g/mol. The van der Waals surface area contributed by atoms with Crippen LogP contribution < -0.4 is 5.32 Å². The summed E-state index contributed by atoms with van der Waals surface area (Å²) < 4.78 is 0. The molecule has 0 radical (unpaired) electrons. The highest BCUT2D eigenvalue weighted by molar-refractivity contribution is 5.85. The Bertz CT molecular complexity index is 224. The van der Waals surface area contributed by atoms with Gasteiger partial charge in [-0.15, -0.1) is 12.4 Å². The van der Waals surface area contributed by atoms with Gasteiger partial charge in [-0.05, 0) is 49.6 Å². The normalized spacial score (nSPS) is 30.9. The molecule has 0 saturated carbocycles. The van der Waals surface area contributed by atoms with Gasteiger partial charge in [0, 0.05) is 19.6 Å². The van der Waals surface area contributed by atoms with Crippen LogP contribution in [-0.2, 0) is 0 Å². The molecule has 0 bridgehead atoms. The summed E-state index contributed by atoms with van der Waals surface area (Å²) in [5.74, 6) is 1.83. The molecule has 17 heavy (non-hydrogen) atoms. The number of hydrogen-bond donors (Lipinski definition) is 1. The van der Waals surface area contributed by atoms with Crippen LogP contribution in [-0.4, -0.2) is 37.6 Å². The summed E-state index contributed by atoms with van der Waals surface area (Å²) >= 11 is 0. The summed E-state index contributed by atoms with van der Waals surface area (Å²) in [5.41, 5.74) is 0.532. The van der Waals surface area contributed by atoms with Gasteiger partial charge >= 0.3 is 0 Å². The predicted octanol–water partition coefficient (Wildman–Crippen LogP) is 2.78. The van der Waals surface area contributed by atoms with E-state index in [0.717, 1.165) is 11.8 Å². The Morgan fingerprint density at radius 1 is 1.24 bits per heavy atom. The van der Waals surface area contributed by atoms with E-state index in [1.54, 1.807) is 0 Å². The van der Waals surface area contributed by atoms with Gasteiger partial charge in [0.05, 0.1) is 0 Å². The number of halogens is 1. The molecule has 2 rings (SSSR count). The molecule has 0 spiro atoms. The molecule has 0 amide bonds. The summed E-state index contributed by atoms with van der Waals surface area (Å²) in [6, 6.07) is 0. The molecule has 1 atom stereocenters. The van der Waals surface area contributed by atoms with Gasteiger partial charge in [0.2, 0.25) is 0 Å². The quantitative estimate of drug-likeness (QED) is 0.822. The van der Waals surface area contributed by atoms with Crippen LogP contribution in [0.3, 0.4) is 0 Å². The first-order valence-corrected chi connectivity index (χ1v) is 6.98. The van der Waals surface area contributed by atoms with Crippen LogP contribution in [0.25, 0.3) is 0 Å². The molecule has 2 saturated heterocycles. The van der Waals surface area contributed by atoms with Crippen LogP contribution in [0, 0.1) is 17.3 Å². The minimum Gasteiger partial charge on any atom is -0.317 e. The van der Waals surface area contributed by atoms with Crippen molar-refractivity contribution in [2.24, 2.45) is 17.3 Å². The van der Waals surface area contributed by atoms with Crippen LogP contribution in [0.5, 0.6) is 0 Å². The van der Waals surface area contributed by atoms with Crippen molar-refractivity contribution < 1.29 is 0 Å². The SMILES string of the molecule is CC1CN(CC2CCNCC2)CC(C)(C)C1.Cl. The van der Waals surface area contributed by atoms with Crippen molar-refractivity contribution in [3.8, 4) is 0 Å². The number of likely N-dealkylation sites (tertiary alicyclic amines) is 1. The molecule has 2 aliphatic rings. The van der Waals surface area contributed by atoms with E-state index in [4.69, 9.17) is 0 Å². The van der Waals surface area contributed by atoms with Gasteiger partial charge < -0.3 is 10.2 Å². The molecule has 0 aromatic rings. The lowest BCUT2D eigenvalue weighted by atomic mass is 9.79. The van der Waals surface area contributed by atoms with Gasteiger partial charge in [0.25, 0.3) is 0 Å². The molecule has 2 heterocycles. The lowest BCUT2D eigenvalue weighted by Crippen LogP contribution is -2.46. The summed E-state index contributed by atoms with van der Waals surface area (Å²) in [7, 11) is 0. The lowest BCUT2D eigenvalue weighted by Gasteiger charge is -2.43. The lowest BCUT2D eigenvalue weighted by molar-refractivity contribution is 0.0628. The molecule has 2 aliphatic heterocycles. The van der Waals surface area contributed by atoms with Crippen molar-refractivity contribution in [3.63, 3.8) is 0 Å². The van der Waals surface area contributed by atoms with E-state index in [0.29, 0.717) is 5.41 Å². The number of nitrogens with zero attached hydrogens (tertiary/aromatic N) is 1. The molecule has 0 aromatic carbocycles. The van der Waals surface area contributed by atoms with E-state index in [1.807, 2.05) is 0 Å². The highest BCUT2D eigenvalue weighted by Gasteiger charge is 2.31. The fourth-order valence-corrected chi connectivity index (χ4v) is 3.75. The highest BCUT2D eigenvalue weighted by atomic mass is 35.5. The molecule has 0 aromatic heterocycles. The van der Waals surface area contributed by atoms with Crippen molar-refractivity contribution in [1.29, 1.82) is 0 Å². The molecular weight excluding hydrogens is 232 g/mol. The Hall–Kier alpha value is 0.210. The molecule has 2 nitrogen and oxygen atoms in total. The molecule has 0 aliphatic carbocycles. The second-order valence-corrected chi connectivity index (χ2v) is 6.86. The smallest absolute Gasteiger partial charge is 0.00330 e. The van der Waals surface area contributed by atoms with E-state index in [-0.39, 0.29) is 12.4 Å². The van der Waals surface area contributed by atoms with Crippen LogP contribution >= 0.6 is 12.4 Å². The van der Waals surface area contributed by atoms with Gasteiger partial charge in [-0.1, -0.05) is 20.8 Å². The molecule has 1 unspecified atom stereocenters. The number of rotatable bonds is 2. The van der Waals surface area contributed by atoms with Gasteiger partial charge in [-0.2, -0.15) is 0 Å². The fraction of sp³-hybridized carbons (Fsp3) is 1.00. The van der Waals surface area contributed by atoms with Gasteiger partial charge in [-0.3, -0.25) is 0 Å². The van der Waals surface area contributed by atoms with Crippen LogP contribution in [0.4, 0.5) is 0 Å². The van der Waals surface area contributed by atoms with E-state index >= 15 is 0 Å². The number of hydrogen-bond acceptors (Lipinski definition) is 2. The topological polar surface area (TPSA) is 15.3 Å². The third-order valence-corrected chi connectivity index (χ3v) is 4.10. The van der Waals surface area contributed by atoms with Crippen LogP contribution in [0.2, 0.25) is 0 Å². The minimum atomic E-state index is 0. The maximum atomic E-state index is 3.46. The monoisotopic (exact) mass is 260 g/mol. The Kier molecular flexibility index (Phi) is 5.75. The first kappa shape index (κ1) is 15.3. The van der Waals surface area contributed by atoms with Crippen molar-refractivity contribution in [2.45, 2.75) is 40.0 Å². The van der Waals surface area contributed by atoms with Crippen molar-refractivity contribution in [3.05, 3.63) is 0 Å². The maximum absolute atomic E-state index is 3.46.